The summed E-state index contributed by atoms with van der Waals surface area (Å²) in [6, 6.07) is 25.4. The molecular formula is C21H14N2. The van der Waals surface area contributed by atoms with Crippen molar-refractivity contribution < 1.29 is 0 Å². The second-order valence-electron chi connectivity index (χ2n) is 5.76. The number of fused-ring (bicyclic) bond motifs is 4. The summed E-state index contributed by atoms with van der Waals surface area (Å²) in [7, 11) is 0. The SMILES string of the molecule is c1cc(-n2ccc3ccccc32)c2c(c1)cnc1ccccc12. The van der Waals surface area contributed by atoms with Gasteiger partial charge in [0, 0.05) is 28.6 Å². The molecule has 2 heteroatoms. The lowest BCUT2D eigenvalue weighted by Gasteiger charge is -2.12. The van der Waals surface area contributed by atoms with E-state index in [9.17, 15) is 0 Å². The van der Waals surface area contributed by atoms with E-state index in [0.29, 0.717) is 0 Å². The lowest BCUT2D eigenvalue weighted by molar-refractivity contribution is 1.14. The molecule has 5 rings (SSSR count). The minimum Gasteiger partial charge on any atom is -0.316 e. The fourth-order valence-corrected chi connectivity index (χ4v) is 3.39. The summed E-state index contributed by atoms with van der Waals surface area (Å²) < 4.78 is 2.27. The zero-order valence-corrected chi connectivity index (χ0v) is 12.5. The molecule has 0 unspecified atom stereocenters. The van der Waals surface area contributed by atoms with Crippen LogP contribution in [0.1, 0.15) is 0 Å². The van der Waals surface area contributed by atoms with Crippen molar-refractivity contribution in [1.29, 1.82) is 0 Å². The van der Waals surface area contributed by atoms with Crippen molar-refractivity contribution in [2.24, 2.45) is 0 Å². The van der Waals surface area contributed by atoms with Crippen molar-refractivity contribution in [3.05, 3.63) is 85.2 Å². The van der Waals surface area contributed by atoms with E-state index in [4.69, 9.17) is 0 Å². The molecule has 0 amide bonds. The predicted molar refractivity (Wildman–Crippen MR) is 96.1 cm³/mol. The molecule has 2 nitrogen and oxygen atoms in total. The van der Waals surface area contributed by atoms with Gasteiger partial charge in [-0.15, -0.1) is 0 Å². The highest BCUT2D eigenvalue weighted by Crippen LogP contribution is 2.31. The zero-order valence-electron chi connectivity index (χ0n) is 12.5. The summed E-state index contributed by atoms with van der Waals surface area (Å²) in [5.41, 5.74) is 3.45. The van der Waals surface area contributed by atoms with Crippen molar-refractivity contribution in [2.45, 2.75) is 0 Å². The van der Waals surface area contributed by atoms with Crippen LogP contribution < -0.4 is 0 Å². The molecule has 2 aromatic heterocycles. The van der Waals surface area contributed by atoms with Crippen LogP contribution in [0.3, 0.4) is 0 Å². The fourth-order valence-electron chi connectivity index (χ4n) is 3.39. The third kappa shape index (κ3) is 1.78. The van der Waals surface area contributed by atoms with Gasteiger partial charge in [-0.05, 0) is 29.7 Å². The van der Waals surface area contributed by atoms with Gasteiger partial charge in [0.15, 0.2) is 0 Å². The van der Waals surface area contributed by atoms with Gasteiger partial charge in [-0.25, -0.2) is 0 Å². The van der Waals surface area contributed by atoms with E-state index in [1.165, 1.54) is 32.7 Å². The molecule has 5 aromatic rings. The van der Waals surface area contributed by atoms with E-state index in [1.807, 2.05) is 12.3 Å². The second kappa shape index (κ2) is 4.68. The van der Waals surface area contributed by atoms with E-state index in [2.05, 4.69) is 82.5 Å². The van der Waals surface area contributed by atoms with Crippen LogP contribution >= 0.6 is 0 Å². The third-order valence-corrected chi connectivity index (χ3v) is 4.45. The Morgan fingerprint density at radius 1 is 0.696 bits per heavy atom. The molecule has 3 aromatic carbocycles. The van der Waals surface area contributed by atoms with Gasteiger partial charge in [-0.3, -0.25) is 4.98 Å². The monoisotopic (exact) mass is 294 g/mol. The first kappa shape index (κ1) is 12.4. The summed E-state index contributed by atoms with van der Waals surface area (Å²) in [5, 5.41) is 4.86. The molecule has 108 valence electrons. The lowest BCUT2D eigenvalue weighted by Crippen LogP contribution is -1.94. The van der Waals surface area contributed by atoms with Crippen LogP contribution in [0.4, 0.5) is 0 Å². The maximum absolute atomic E-state index is 4.58. The average molecular weight is 294 g/mol. The molecule has 0 radical (unpaired) electrons. The Labute approximate surface area is 133 Å². The van der Waals surface area contributed by atoms with Gasteiger partial charge in [0.2, 0.25) is 0 Å². The van der Waals surface area contributed by atoms with Crippen LogP contribution in [0.15, 0.2) is 85.2 Å². The maximum Gasteiger partial charge on any atom is 0.0709 e. The molecule has 23 heavy (non-hydrogen) atoms. The van der Waals surface area contributed by atoms with Gasteiger partial charge in [-0.1, -0.05) is 48.5 Å². The Morgan fingerprint density at radius 2 is 1.52 bits per heavy atom. The number of nitrogens with zero attached hydrogens (tertiary/aromatic N) is 2. The van der Waals surface area contributed by atoms with Gasteiger partial charge >= 0.3 is 0 Å². The van der Waals surface area contributed by atoms with E-state index >= 15 is 0 Å². The number of rotatable bonds is 1. The van der Waals surface area contributed by atoms with Gasteiger partial charge < -0.3 is 4.57 Å². The molecular weight excluding hydrogens is 280 g/mol. The molecule has 0 saturated heterocycles. The van der Waals surface area contributed by atoms with Crippen LogP contribution in [-0.2, 0) is 0 Å². The van der Waals surface area contributed by atoms with Crippen LogP contribution in [0.2, 0.25) is 0 Å². The molecule has 0 atom stereocenters. The Bertz CT molecular complexity index is 1170. The molecule has 0 bridgehead atoms. The van der Waals surface area contributed by atoms with Gasteiger partial charge in [0.25, 0.3) is 0 Å². The first-order chi connectivity index (χ1) is 11.4. The zero-order chi connectivity index (χ0) is 15.2. The van der Waals surface area contributed by atoms with Crippen molar-refractivity contribution in [2.75, 3.05) is 0 Å². The summed E-state index contributed by atoms with van der Waals surface area (Å²) >= 11 is 0. The number of benzene rings is 3. The van der Waals surface area contributed by atoms with Crippen LogP contribution in [0.5, 0.6) is 0 Å². The van der Waals surface area contributed by atoms with Crippen LogP contribution in [0.25, 0.3) is 38.3 Å². The van der Waals surface area contributed by atoms with Gasteiger partial charge in [0.05, 0.1) is 16.7 Å². The highest BCUT2D eigenvalue weighted by Gasteiger charge is 2.09. The summed E-state index contributed by atoms with van der Waals surface area (Å²) in [5.74, 6) is 0. The van der Waals surface area contributed by atoms with Crippen molar-refractivity contribution >= 4 is 32.6 Å². The van der Waals surface area contributed by atoms with E-state index < -0.39 is 0 Å². The van der Waals surface area contributed by atoms with Gasteiger partial charge in [-0.2, -0.15) is 0 Å². The first-order valence-electron chi connectivity index (χ1n) is 7.75. The third-order valence-electron chi connectivity index (χ3n) is 4.45. The topological polar surface area (TPSA) is 17.8 Å². The standard InChI is InChI=1S/C21H14N2/c1-4-10-19-15(6-1)12-13-23(19)20-11-5-7-16-14-22-18-9-3-2-8-17(18)21(16)20/h1-14H. The number of pyridine rings is 1. The highest BCUT2D eigenvalue weighted by atomic mass is 15.0. The average Bonchev–Trinajstić information content (AvgIpc) is 3.05. The molecule has 0 saturated carbocycles. The van der Waals surface area contributed by atoms with E-state index in [1.54, 1.807) is 0 Å². The molecule has 0 aliphatic heterocycles. The van der Waals surface area contributed by atoms with Crippen molar-refractivity contribution in [1.82, 2.24) is 9.55 Å². The number of hydrogen-bond acceptors (Lipinski definition) is 1. The number of hydrogen-bond donors (Lipinski definition) is 0. The number of aromatic nitrogens is 2. The Kier molecular flexibility index (Phi) is 2.53. The lowest BCUT2D eigenvalue weighted by atomic mass is 10.0. The molecule has 0 N–H and O–H groups in total. The first-order valence-corrected chi connectivity index (χ1v) is 7.75. The highest BCUT2D eigenvalue weighted by molar-refractivity contribution is 6.10. The van der Waals surface area contributed by atoms with Crippen LogP contribution in [0, 0.1) is 0 Å². The molecule has 2 heterocycles. The summed E-state index contributed by atoms with van der Waals surface area (Å²) in [6.07, 6.45) is 4.11. The normalized spacial score (nSPS) is 11.5. The Balaban J connectivity index is 1.97. The summed E-state index contributed by atoms with van der Waals surface area (Å²) in [4.78, 5) is 4.58. The minimum absolute atomic E-state index is 1.03. The largest absolute Gasteiger partial charge is 0.316 e. The maximum atomic E-state index is 4.58. The minimum atomic E-state index is 1.03. The molecule has 0 aliphatic rings. The van der Waals surface area contributed by atoms with Crippen molar-refractivity contribution in [3.8, 4) is 5.69 Å². The summed E-state index contributed by atoms with van der Waals surface area (Å²) in [6.45, 7) is 0. The van der Waals surface area contributed by atoms with E-state index in [-0.39, 0.29) is 0 Å². The quantitative estimate of drug-likeness (QED) is 0.382. The van der Waals surface area contributed by atoms with E-state index in [0.717, 1.165) is 5.52 Å². The van der Waals surface area contributed by atoms with Crippen molar-refractivity contribution in [3.63, 3.8) is 0 Å². The number of para-hydroxylation sites is 2. The molecule has 0 aliphatic carbocycles. The molecule has 0 fully saturated rings. The fraction of sp³-hybridized carbons (Fsp3) is 0. The van der Waals surface area contributed by atoms with Gasteiger partial charge in [0.1, 0.15) is 0 Å². The Hall–Kier alpha value is -3.13. The predicted octanol–water partition coefficient (Wildman–Crippen LogP) is 5.33. The molecule has 0 spiro atoms. The second-order valence-corrected chi connectivity index (χ2v) is 5.76. The Morgan fingerprint density at radius 3 is 2.52 bits per heavy atom. The smallest absolute Gasteiger partial charge is 0.0709 e. The van der Waals surface area contributed by atoms with Crippen LogP contribution in [-0.4, -0.2) is 9.55 Å².